The number of hydrogen-bond donors (Lipinski definition) is 1. The summed E-state index contributed by atoms with van der Waals surface area (Å²) in [5.74, 6) is 8.55. The minimum Gasteiger partial charge on any atom is -0.490 e. The average Bonchev–Trinajstić information content (AvgIpc) is 2.96. The van der Waals surface area contributed by atoms with Gasteiger partial charge in [-0.25, -0.2) is 4.98 Å². The van der Waals surface area contributed by atoms with E-state index >= 15 is 0 Å². The van der Waals surface area contributed by atoms with Crippen molar-refractivity contribution in [2.45, 2.75) is 20.8 Å². The maximum Gasteiger partial charge on any atom is 0.240 e. The smallest absolute Gasteiger partial charge is 0.240 e. The molecule has 0 aliphatic carbocycles. The molecule has 1 fully saturated rings. The number of piperazine rings is 1. The second-order valence-electron chi connectivity index (χ2n) is 9.87. The van der Waals surface area contributed by atoms with Crippen LogP contribution in [0.4, 0.5) is 17.3 Å². The van der Waals surface area contributed by atoms with Gasteiger partial charge in [-0.05, 0) is 75.3 Å². The van der Waals surface area contributed by atoms with E-state index in [4.69, 9.17) is 14.5 Å². The van der Waals surface area contributed by atoms with Crippen LogP contribution in [-0.2, 0) is 0 Å². The molecule has 0 radical (unpaired) electrons. The number of likely N-dealkylation sites (N-methyl/N-ethyl adjacent to an activating group) is 1. The van der Waals surface area contributed by atoms with Crippen LogP contribution in [0.3, 0.4) is 0 Å². The van der Waals surface area contributed by atoms with Crippen molar-refractivity contribution in [3.63, 3.8) is 0 Å². The number of nitrogens with zero attached hydrogens (tertiary/aromatic N) is 4. The van der Waals surface area contributed by atoms with Gasteiger partial charge < -0.3 is 24.6 Å². The van der Waals surface area contributed by atoms with Gasteiger partial charge in [0, 0.05) is 43.1 Å². The monoisotopic (exact) mass is 533 g/mol. The third kappa shape index (κ3) is 6.53. The molecule has 3 aromatic carbocycles. The molecule has 204 valence electrons. The Hall–Kier alpha value is -4.54. The van der Waals surface area contributed by atoms with Gasteiger partial charge in [0.05, 0.1) is 12.8 Å². The summed E-state index contributed by atoms with van der Waals surface area (Å²) in [6, 6.07) is 22.1. The van der Waals surface area contributed by atoms with Crippen molar-refractivity contribution >= 4 is 17.3 Å². The lowest BCUT2D eigenvalue weighted by Gasteiger charge is -2.34. The van der Waals surface area contributed by atoms with Crippen molar-refractivity contribution in [3.05, 3.63) is 95.2 Å². The van der Waals surface area contributed by atoms with Crippen LogP contribution in [0.5, 0.6) is 17.4 Å². The molecule has 1 N–H and O–H groups in total. The highest BCUT2D eigenvalue weighted by molar-refractivity contribution is 5.61. The molecule has 1 saturated heterocycles. The Bertz CT molecular complexity index is 1500. The first kappa shape index (κ1) is 27.0. The summed E-state index contributed by atoms with van der Waals surface area (Å²) >= 11 is 0. The summed E-state index contributed by atoms with van der Waals surface area (Å²) in [5, 5.41) is 3.32. The van der Waals surface area contributed by atoms with Crippen LogP contribution in [-0.4, -0.2) is 54.7 Å². The fourth-order valence-electron chi connectivity index (χ4n) is 4.59. The molecule has 7 nitrogen and oxygen atoms in total. The molecule has 1 aliphatic rings. The minimum absolute atomic E-state index is 0.359. The number of aromatic nitrogens is 2. The average molecular weight is 534 g/mol. The lowest BCUT2D eigenvalue weighted by Crippen LogP contribution is -2.44. The van der Waals surface area contributed by atoms with Crippen molar-refractivity contribution in [2.24, 2.45) is 0 Å². The van der Waals surface area contributed by atoms with Gasteiger partial charge in [0.15, 0.2) is 11.5 Å². The van der Waals surface area contributed by atoms with Gasteiger partial charge in [0.2, 0.25) is 11.8 Å². The first-order valence-corrected chi connectivity index (χ1v) is 13.7. The fraction of sp³-hybridized carbons (Fsp3) is 0.273. The molecule has 0 spiro atoms. The summed E-state index contributed by atoms with van der Waals surface area (Å²) in [6.45, 7) is 10.8. The van der Waals surface area contributed by atoms with Crippen molar-refractivity contribution < 1.29 is 9.47 Å². The maximum atomic E-state index is 6.30. The number of nitrogens with one attached hydrogen (secondary N) is 1. The van der Waals surface area contributed by atoms with Crippen molar-refractivity contribution in [1.82, 2.24) is 14.9 Å². The van der Waals surface area contributed by atoms with Gasteiger partial charge in [-0.2, -0.15) is 4.98 Å². The summed E-state index contributed by atoms with van der Waals surface area (Å²) in [5.41, 5.74) is 5.93. The molecular weight excluding hydrogens is 498 g/mol. The Morgan fingerprint density at radius 1 is 0.850 bits per heavy atom. The molecule has 4 aromatic rings. The number of rotatable bonds is 7. The fourth-order valence-corrected chi connectivity index (χ4v) is 4.59. The molecule has 0 unspecified atom stereocenters. The lowest BCUT2D eigenvalue weighted by molar-refractivity contribution is 0.313. The normalized spacial score (nSPS) is 13.3. The molecule has 0 saturated carbocycles. The van der Waals surface area contributed by atoms with E-state index in [0.29, 0.717) is 35.5 Å². The van der Waals surface area contributed by atoms with Crippen LogP contribution in [0.1, 0.15) is 29.2 Å². The SMILES string of the molecule is CCOc1ccccc1Oc1nc(Nc2ccc(N3CCN(C)CC3)cc2)ncc1C#Cc1c(C)cccc1C. The molecule has 1 aliphatic heterocycles. The number of hydrogen-bond acceptors (Lipinski definition) is 7. The highest BCUT2D eigenvalue weighted by Crippen LogP contribution is 2.32. The zero-order valence-electron chi connectivity index (χ0n) is 23.6. The topological polar surface area (TPSA) is 62.8 Å². The highest BCUT2D eigenvalue weighted by Gasteiger charge is 2.15. The van der Waals surface area contributed by atoms with Crippen molar-refractivity contribution in [1.29, 1.82) is 0 Å². The Balaban J connectivity index is 1.43. The summed E-state index contributed by atoms with van der Waals surface area (Å²) < 4.78 is 12.1. The summed E-state index contributed by atoms with van der Waals surface area (Å²) in [7, 11) is 2.17. The lowest BCUT2D eigenvalue weighted by atomic mass is 10.0. The number of aryl methyl sites for hydroxylation is 2. The number of para-hydroxylation sites is 2. The zero-order valence-corrected chi connectivity index (χ0v) is 23.6. The predicted molar refractivity (Wildman–Crippen MR) is 161 cm³/mol. The van der Waals surface area contributed by atoms with Crippen LogP contribution >= 0.6 is 0 Å². The first-order valence-electron chi connectivity index (χ1n) is 13.7. The molecule has 5 rings (SSSR count). The Morgan fingerprint density at radius 2 is 1.55 bits per heavy atom. The second kappa shape index (κ2) is 12.5. The molecule has 2 heterocycles. The Kier molecular flexibility index (Phi) is 8.48. The van der Waals surface area contributed by atoms with Gasteiger partial charge in [-0.15, -0.1) is 0 Å². The summed E-state index contributed by atoms with van der Waals surface area (Å²) in [4.78, 5) is 14.0. The van der Waals surface area contributed by atoms with Crippen LogP contribution in [0.15, 0.2) is 72.9 Å². The third-order valence-corrected chi connectivity index (χ3v) is 6.90. The van der Waals surface area contributed by atoms with Gasteiger partial charge in [-0.3, -0.25) is 0 Å². The number of ether oxygens (including phenoxy) is 2. The van der Waals surface area contributed by atoms with Crippen LogP contribution in [0, 0.1) is 25.7 Å². The maximum absolute atomic E-state index is 6.30. The van der Waals surface area contributed by atoms with Crippen molar-refractivity contribution in [2.75, 3.05) is 50.1 Å². The molecule has 0 atom stereocenters. The van der Waals surface area contributed by atoms with Crippen molar-refractivity contribution in [3.8, 4) is 29.2 Å². The van der Waals surface area contributed by atoms with Gasteiger partial charge in [0.25, 0.3) is 0 Å². The Morgan fingerprint density at radius 3 is 2.25 bits per heavy atom. The van der Waals surface area contributed by atoms with E-state index in [2.05, 4.69) is 89.2 Å². The molecular formula is C33H35N5O2. The first-order chi connectivity index (χ1) is 19.5. The van der Waals surface area contributed by atoms with Crippen LogP contribution in [0.2, 0.25) is 0 Å². The summed E-state index contributed by atoms with van der Waals surface area (Å²) in [6.07, 6.45) is 1.70. The second-order valence-corrected chi connectivity index (χ2v) is 9.87. The van der Waals surface area contributed by atoms with E-state index in [-0.39, 0.29) is 0 Å². The highest BCUT2D eigenvalue weighted by atomic mass is 16.5. The molecule has 1 aromatic heterocycles. The van der Waals surface area contributed by atoms with Gasteiger partial charge in [-0.1, -0.05) is 42.2 Å². The quantitative estimate of drug-likeness (QED) is 0.285. The number of benzene rings is 3. The molecule has 0 amide bonds. The Labute approximate surface area is 236 Å². The molecule has 7 heteroatoms. The third-order valence-electron chi connectivity index (χ3n) is 6.90. The standard InChI is InChI=1S/C33H35N5O2/c1-5-39-30-11-6-7-12-31(30)40-32-26(13-18-29-24(2)9-8-10-25(29)3)23-34-33(36-32)35-27-14-16-28(17-15-27)38-21-19-37(4)20-22-38/h6-12,14-17,23H,5,19-22H2,1-4H3,(H,34,35,36). The van der Waals surface area contributed by atoms with E-state index in [9.17, 15) is 0 Å². The van der Waals surface area contributed by atoms with Crippen LogP contribution in [0.25, 0.3) is 0 Å². The van der Waals surface area contributed by atoms with E-state index in [1.807, 2.05) is 37.3 Å². The van der Waals surface area contributed by atoms with Gasteiger partial charge >= 0.3 is 0 Å². The predicted octanol–water partition coefficient (Wildman–Crippen LogP) is 6.18. The minimum atomic E-state index is 0.359. The van der Waals surface area contributed by atoms with Crippen LogP contribution < -0.4 is 19.7 Å². The largest absolute Gasteiger partial charge is 0.490 e. The molecule has 40 heavy (non-hydrogen) atoms. The number of anilines is 3. The van der Waals surface area contributed by atoms with E-state index < -0.39 is 0 Å². The van der Waals surface area contributed by atoms with E-state index in [0.717, 1.165) is 48.6 Å². The molecule has 0 bridgehead atoms. The van der Waals surface area contributed by atoms with E-state index in [1.165, 1.54) is 5.69 Å². The zero-order chi connectivity index (χ0) is 27.9. The van der Waals surface area contributed by atoms with Gasteiger partial charge in [0.1, 0.15) is 5.56 Å². The van der Waals surface area contributed by atoms with E-state index in [1.54, 1.807) is 6.20 Å².